The van der Waals surface area contributed by atoms with Crippen molar-refractivity contribution in [2.24, 2.45) is 0 Å². The van der Waals surface area contributed by atoms with Crippen molar-refractivity contribution >= 4 is 29.1 Å². The maximum Gasteiger partial charge on any atom is 0.224 e. The summed E-state index contributed by atoms with van der Waals surface area (Å²) in [5.41, 5.74) is 4.71. The second-order valence-electron chi connectivity index (χ2n) is 5.94. The summed E-state index contributed by atoms with van der Waals surface area (Å²) < 4.78 is 0. The molecule has 0 aliphatic heterocycles. The van der Waals surface area contributed by atoms with E-state index in [0.717, 1.165) is 29.5 Å². The molecule has 25 heavy (non-hydrogen) atoms. The largest absolute Gasteiger partial charge is 0.354 e. The predicted molar refractivity (Wildman–Crippen MR) is 105 cm³/mol. The lowest BCUT2D eigenvalue weighted by Crippen LogP contribution is -2.08. The molecule has 1 heterocycles. The first kappa shape index (κ1) is 17.2. The molecule has 0 saturated carbocycles. The SMILES string of the molecule is Cc1cccc(Nc2ccnc(NCCc3cccc(Cl)c3)n2)c1C. The number of nitrogens with one attached hydrogen (secondary N) is 2. The third-order valence-electron chi connectivity index (χ3n) is 4.11. The fourth-order valence-corrected chi connectivity index (χ4v) is 2.76. The van der Waals surface area contributed by atoms with Crippen LogP contribution in [0.15, 0.2) is 54.7 Å². The predicted octanol–water partition coefficient (Wildman–Crippen LogP) is 5.15. The first-order chi connectivity index (χ1) is 12.1. The summed E-state index contributed by atoms with van der Waals surface area (Å²) in [6, 6.07) is 15.9. The molecule has 3 rings (SSSR count). The normalized spacial score (nSPS) is 10.5. The molecule has 128 valence electrons. The first-order valence-electron chi connectivity index (χ1n) is 8.26. The number of halogens is 1. The molecule has 0 aliphatic carbocycles. The molecule has 0 amide bonds. The van der Waals surface area contributed by atoms with E-state index >= 15 is 0 Å². The van der Waals surface area contributed by atoms with Crippen LogP contribution < -0.4 is 10.6 Å². The van der Waals surface area contributed by atoms with Gasteiger partial charge >= 0.3 is 0 Å². The molecule has 0 fully saturated rings. The van der Waals surface area contributed by atoms with Gasteiger partial charge in [0.2, 0.25) is 5.95 Å². The van der Waals surface area contributed by atoms with Gasteiger partial charge in [-0.3, -0.25) is 0 Å². The van der Waals surface area contributed by atoms with Crippen LogP contribution in [0.2, 0.25) is 5.02 Å². The Kier molecular flexibility index (Phi) is 5.51. The average molecular weight is 353 g/mol. The molecule has 5 heteroatoms. The number of nitrogens with zero attached hydrogens (tertiary/aromatic N) is 2. The standard InChI is InChI=1S/C20H21ClN4/c1-14-5-3-8-18(15(14)2)24-19-10-12-23-20(25-19)22-11-9-16-6-4-7-17(21)13-16/h3-8,10,12-13H,9,11H2,1-2H3,(H2,22,23,24,25). The first-order valence-corrected chi connectivity index (χ1v) is 8.64. The van der Waals surface area contributed by atoms with Crippen LogP contribution in [-0.2, 0) is 6.42 Å². The molecule has 0 saturated heterocycles. The van der Waals surface area contributed by atoms with Crippen LogP contribution in [0.3, 0.4) is 0 Å². The highest BCUT2D eigenvalue weighted by Gasteiger charge is 2.04. The van der Waals surface area contributed by atoms with Gasteiger partial charge in [-0.15, -0.1) is 0 Å². The smallest absolute Gasteiger partial charge is 0.224 e. The highest BCUT2D eigenvalue weighted by Crippen LogP contribution is 2.22. The van der Waals surface area contributed by atoms with Crippen molar-refractivity contribution < 1.29 is 0 Å². The Bertz CT molecular complexity index is 864. The maximum absolute atomic E-state index is 6.01. The fourth-order valence-electron chi connectivity index (χ4n) is 2.55. The van der Waals surface area contributed by atoms with Gasteiger partial charge in [0, 0.05) is 23.5 Å². The number of anilines is 3. The monoisotopic (exact) mass is 352 g/mol. The van der Waals surface area contributed by atoms with Crippen LogP contribution in [0.4, 0.5) is 17.5 Å². The Morgan fingerprint density at radius 1 is 1.04 bits per heavy atom. The number of aromatic nitrogens is 2. The highest BCUT2D eigenvalue weighted by molar-refractivity contribution is 6.30. The van der Waals surface area contributed by atoms with E-state index in [1.165, 1.54) is 16.7 Å². The Balaban J connectivity index is 1.62. The van der Waals surface area contributed by atoms with E-state index in [9.17, 15) is 0 Å². The quantitative estimate of drug-likeness (QED) is 0.644. The molecule has 0 radical (unpaired) electrons. The Hall–Kier alpha value is -2.59. The second-order valence-corrected chi connectivity index (χ2v) is 6.38. The second kappa shape index (κ2) is 7.99. The lowest BCUT2D eigenvalue weighted by molar-refractivity contribution is 0.985. The van der Waals surface area contributed by atoms with Gasteiger partial charge in [-0.05, 0) is 61.2 Å². The molecular weight excluding hydrogens is 332 g/mol. The van der Waals surface area contributed by atoms with E-state index in [4.69, 9.17) is 11.6 Å². The fraction of sp³-hybridized carbons (Fsp3) is 0.200. The highest BCUT2D eigenvalue weighted by atomic mass is 35.5. The lowest BCUT2D eigenvalue weighted by atomic mass is 10.1. The number of benzene rings is 2. The summed E-state index contributed by atoms with van der Waals surface area (Å²) in [6.45, 7) is 4.94. The summed E-state index contributed by atoms with van der Waals surface area (Å²) in [6.07, 6.45) is 2.61. The molecule has 2 N–H and O–H groups in total. The van der Waals surface area contributed by atoms with Crippen LogP contribution in [0.5, 0.6) is 0 Å². The number of hydrogen-bond donors (Lipinski definition) is 2. The van der Waals surface area contributed by atoms with Crippen molar-refractivity contribution in [3.8, 4) is 0 Å². The number of aryl methyl sites for hydroxylation is 1. The molecule has 0 aliphatic rings. The summed E-state index contributed by atoms with van der Waals surface area (Å²) >= 11 is 6.01. The van der Waals surface area contributed by atoms with Crippen LogP contribution in [0, 0.1) is 13.8 Å². The van der Waals surface area contributed by atoms with E-state index in [1.54, 1.807) is 6.20 Å². The van der Waals surface area contributed by atoms with Crippen molar-refractivity contribution in [1.82, 2.24) is 9.97 Å². The molecule has 4 nitrogen and oxygen atoms in total. The van der Waals surface area contributed by atoms with Gasteiger partial charge in [-0.2, -0.15) is 4.98 Å². The van der Waals surface area contributed by atoms with Crippen LogP contribution in [0.1, 0.15) is 16.7 Å². The van der Waals surface area contributed by atoms with Gasteiger partial charge < -0.3 is 10.6 Å². The Labute approximate surface area is 153 Å². The maximum atomic E-state index is 6.01. The van der Waals surface area contributed by atoms with Crippen molar-refractivity contribution in [3.05, 3.63) is 76.4 Å². The van der Waals surface area contributed by atoms with Gasteiger partial charge in [-0.25, -0.2) is 4.98 Å². The van der Waals surface area contributed by atoms with Crippen molar-refractivity contribution in [2.75, 3.05) is 17.2 Å². The minimum absolute atomic E-state index is 0.609. The molecule has 3 aromatic rings. The molecule has 0 spiro atoms. The summed E-state index contributed by atoms with van der Waals surface area (Å²) in [5.74, 6) is 1.38. The Morgan fingerprint density at radius 2 is 1.88 bits per heavy atom. The summed E-state index contributed by atoms with van der Waals surface area (Å²) in [4.78, 5) is 8.81. The minimum Gasteiger partial charge on any atom is -0.354 e. The van der Waals surface area contributed by atoms with Gasteiger partial charge in [0.1, 0.15) is 5.82 Å². The van der Waals surface area contributed by atoms with E-state index in [2.05, 4.69) is 52.6 Å². The zero-order valence-electron chi connectivity index (χ0n) is 14.4. The summed E-state index contributed by atoms with van der Waals surface area (Å²) in [7, 11) is 0. The van der Waals surface area contributed by atoms with E-state index in [0.29, 0.717) is 5.95 Å². The van der Waals surface area contributed by atoms with Crippen molar-refractivity contribution in [1.29, 1.82) is 0 Å². The third kappa shape index (κ3) is 4.70. The van der Waals surface area contributed by atoms with Crippen molar-refractivity contribution in [2.45, 2.75) is 20.3 Å². The van der Waals surface area contributed by atoms with Gasteiger partial charge in [-0.1, -0.05) is 35.9 Å². The van der Waals surface area contributed by atoms with Crippen LogP contribution in [0.25, 0.3) is 0 Å². The van der Waals surface area contributed by atoms with Crippen LogP contribution >= 0.6 is 11.6 Å². The van der Waals surface area contributed by atoms with Gasteiger partial charge in [0.05, 0.1) is 0 Å². The molecule has 0 unspecified atom stereocenters. The molecule has 2 aromatic carbocycles. The topological polar surface area (TPSA) is 49.8 Å². The zero-order valence-corrected chi connectivity index (χ0v) is 15.1. The van der Waals surface area contributed by atoms with E-state index < -0.39 is 0 Å². The third-order valence-corrected chi connectivity index (χ3v) is 4.34. The molecule has 1 aromatic heterocycles. The van der Waals surface area contributed by atoms with Gasteiger partial charge in [0.15, 0.2) is 0 Å². The van der Waals surface area contributed by atoms with Crippen LogP contribution in [-0.4, -0.2) is 16.5 Å². The van der Waals surface area contributed by atoms with Gasteiger partial charge in [0.25, 0.3) is 0 Å². The average Bonchev–Trinajstić information content (AvgIpc) is 2.60. The lowest BCUT2D eigenvalue weighted by Gasteiger charge is -2.12. The number of rotatable bonds is 6. The number of hydrogen-bond acceptors (Lipinski definition) is 4. The van der Waals surface area contributed by atoms with Crippen molar-refractivity contribution in [3.63, 3.8) is 0 Å². The summed E-state index contributed by atoms with van der Waals surface area (Å²) in [5, 5.41) is 7.38. The zero-order chi connectivity index (χ0) is 17.6. The Morgan fingerprint density at radius 3 is 2.72 bits per heavy atom. The van der Waals surface area contributed by atoms with E-state index in [1.807, 2.05) is 30.3 Å². The van der Waals surface area contributed by atoms with E-state index in [-0.39, 0.29) is 0 Å². The molecule has 0 atom stereocenters. The molecule has 0 bridgehead atoms. The molecular formula is C20H21ClN4. The minimum atomic E-state index is 0.609.